The molecule has 0 amide bonds. The number of nitro groups is 1. The summed E-state index contributed by atoms with van der Waals surface area (Å²) in [4.78, 5) is 12.4. The van der Waals surface area contributed by atoms with Crippen LogP contribution in [0.15, 0.2) is 18.2 Å². The summed E-state index contributed by atoms with van der Waals surface area (Å²) in [6.07, 6.45) is 6.52. The van der Waals surface area contributed by atoms with Crippen molar-refractivity contribution in [3.8, 4) is 5.75 Å². The first-order chi connectivity index (χ1) is 9.65. The standard InChI is InChI=1S/C15H20N2O3/c18-15-9-13(5-6-14(15)17(19)20)16-8-7-11-3-1-2-4-12(11)10-16/h5-6,9,11-12,18H,1-4,7-8,10H2. The molecule has 3 rings (SSSR count). The monoisotopic (exact) mass is 276 g/mol. The van der Waals surface area contributed by atoms with Crippen LogP contribution in [-0.2, 0) is 0 Å². The minimum Gasteiger partial charge on any atom is -0.502 e. The summed E-state index contributed by atoms with van der Waals surface area (Å²) in [6.45, 7) is 2.00. The number of phenols is 1. The van der Waals surface area contributed by atoms with Gasteiger partial charge in [-0.15, -0.1) is 0 Å². The van der Waals surface area contributed by atoms with Crippen molar-refractivity contribution < 1.29 is 10.0 Å². The number of nitrogens with zero attached hydrogens (tertiary/aromatic N) is 2. The van der Waals surface area contributed by atoms with Crippen molar-refractivity contribution in [1.82, 2.24) is 0 Å². The van der Waals surface area contributed by atoms with Crippen molar-refractivity contribution in [3.05, 3.63) is 28.3 Å². The fourth-order valence-corrected chi connectivity index (χ4v) is 3.70. The molecule has 2 fully saturated rings. The molecule has 1 aromatic carbocycles. The van der Waals surface area contributed by atoms with Gasteiger partial charge >= 0.3 is 5.69 Å². The molecule has 0 radical (unpaired) electrons. The molecule has 1 saturated carbocycles. The van der Waals surface area contributed by atoms with Gasteiger partial charge in [-0.05, 0) is 30.7 Å². The predicted octanol–water partition coefficient (Wildman–Crippen LogP) is 3.32. The molecule has 1 aliphatic heterocycles. The van der Waals surface area contributed by atoms with Crippen molar-refractivity contribution >= 4 is 11.4 Å². The van der Waals surface area contributed by atoms with Crippen LogP contribution in [0.4, 0.5) is 11.4 Å². The number of fused-ring (bicyclic) bond motifs is 1. The Hall–Kier alpha value is -1.78. The number of aromatic hydroxyl groups is 1. The van der Waals surface area contributed by atoms with E-state index in [1.807, 2.05) is 0 Å². The number of rotatable bonds is 2. The first-order valence-corrected chi connectivity index (χ1v) is 7.37. The van der Waals surface area contributed by atoms with Crippen LogP contribution in [0, 0.1) is 22.0 Å². The maximum Gasteiger partial charge on any atom is 0.310 e. The van der Waals surface area contributed by atoms with E-state index in [9.17, 15) is 15.2 Å². The highest BCUT2D eigenvalue weighted by Gasteiger charge is 2.31. The minimum atomic E-state index is -0.549. The van der Waals surface area contributed by atoms with Crippen LogP contribution in [0.3, 0.4) is 0 Å². The predicted molar refractivity (Wildman–Crippen MR) is 77.0 cm³/mol. The summed E-state index contributed by atoms with van der Waals surface area (Å²) in [5, 5.41) is 20.5. The Labute approximate surface area is 118 Å². The van der Waals surface area contributed by atoms with Crippen LogP contribution in [0.1, 0.15) is 32.1 Å². The second-order valence-corrected chi connectivity index (χ2v) is 5.97. The number of hydrogen-bond acceptors (Lipinski definition) is 4. The summed E-state index contributed by atoms with van der Waals surface area (Å²) in [6, 6.07) is 4.68. The number of phenolic OH excluding ortho intramolecular Hbond substituents is 1. The third kappa shape index (κ3) is 2.44. The number of piperidine rings is 1. The fraction of sp³-hybridized carbons (Fsp3) is 0.600. The summed E-state index contributed by atoms with van der Waals surface area (Å²) in [7, 11) is 0. The van der Waals surface area contributed by atoms with E-state index in [-0.39, 0.29) is 11.4 Å². The number of hydrogen-bond donors (Lipinski definition) is 1. The van der Waals surface area contributed by atoms with E-state index in [1.54, 1.807) is 6.07 Å². The van der Waals surface area contributed by atoms with Crippen molar-refractivity contribution in [3.63, 3.8) is 0 Å². The molecule has 1 N–H and O–H groups in total. The van der Waals surface area contributed by atoms with Gasteiger partial charge in [-0.1, -0.05) is 19.3 Å². The Balaban J connectivity index is 1.76. The molecule has 108 valence electrons. The van der Waals surface area contributed by atoms with Crippen molar-refractivity contribution in [2.75, 3.05) is 18.0 Å². The second-order valence-electron chi connectivity index (χ2n) is 5.97. The van der Waals surface area contributed by atoms with Gasteiger partial charge in [-0.25, -0.2) is 0 Å². The van der Waals surface area contributed by atoms with Gasteiger partial charge in [0.15, 0.2) is 5.75 Å². The number of benzene rings is 1. The van der Waals surface area contributed by atoms with E-state index in [4.69, 9.17) is 0 Å². The maximum absolute atomic E-state index is 10.7. The van der Waals surface area contributed by atoms with Crippen molar-refractivity contribution in [1.29, 1.82) is 0 Å². The van der Waals surface area contributed by atoms with Gasteiger partial charge in [0.05, 0.1) is 4.92 Å². The Kier molecular flexibility index (Phi) is 3.51. The molecular formula is C15H20N2O3. The zero-order valence-corrected chi connectivity index (χ0v) is 11.5. The van der Waals surface area contributed by atoms with Crippen LogP contribution in [0.25, 0.3) is 0 Å². The van der Waals surface area contributed by atoms with Gasteiger partial charge < -0.3 is 10.0 Å². The molecule has 5 heteroatoms. The highest BCUT2D eigenvalue weighted by molar-refractivity contribution is 5.58. The Morgan fingerprint density at radius 2 is 1.95 bits per heavy atom. The lowest BCUT2D eigenvalue weighted by Crippen LogP contribution is -2.41. The van der Waals surface area contributed by atoms with Gasteiger partial charge in [-0.3, -0.25) is 10.1 Å². The third-order valence-electron chi connectivity index (χ3n) is 4.81. The molecule has 1 saturated heterocycles. The lowest BCUT2D eigenvalue weighted by Gasteiger charge is -2.42. The molecule has 20 heavy (non-hydrogen) atoms. The van der Waals surface area contributed by atoms with E-state index in [2.05, 4.69) is 4.90 Å². The quantitative estimate of drug-likeness (QED) is 0.664. The molecule has 2 atom stereocenters. The number of anilines is 1. The van der Waals surface area contributed by atoms with E-state index in [1.165, 1.54) is 44.2 Å². The summed E-state index contributed by atoms with van der Waals surface area (Å²) < 4.78 is 0. The van der Waals surface area contributed by atoms with Crippen molar-refractivity contribution in [2.45, 2.75) is 32.1 Å². The third-order valence-corrected chi connectivity index (χ3v) is 4.81. The lowest BCUT2D eigenvalue weighted by molar-refractivity contribution is -0.385. The van der Waals surface area contributed by atoms with Gasteiger partial charge in [0, 0.05) is 30.9 Å². The first kappa shape index (κ1) is 13.2. The second kappa shape index (κ2) is 5.31. The smallest absolute Gasteiger partial charge is 0.310 e. The highest BCUT2D eigenvalue weighted by Crippen LogP contribution is 2.39. The number of nitro benzene ring substituents is 1. The summed E-state index contributed by atoms with van der Waals surface area (Å²) >= 11 is 0. The zero-order valence-electron chi connectivity index (χ0n) is 11.5. The Morgan fingerprint density at radius 3 is 2.65 bits per heavy atom. The first-order valence-electron chi connectivity index (χ1n) is 7.37. The van der Waals surface area contributed by atoms with Crippen LogP contribution >= 0.6 is 0 Å². The molecule has 1 heterocycles. The summed E-state index contributed by atoms with van der Waals surface area (Å²) in [5.74, 6) is 1.36. The molecule has 1 aliphatic carbocycles. The molecular weight excluding hydrogens is 256 g/mol. The maximum atomic E-state index is 10.7. The molecule has 0 bridgehead atoms. The van der Waals surface area contributed by atoms with Crippen LogP contribution in [-0.4, -0.2) is 23.1 Å². The molecule has 0 aromatic heterocycles. The molecule has 0 spiro atoms. The highest BCUT2D eigenvalue weighted by atomic mass is 16.6. The Bertz CT molecular complexity index is 518. The SMILES string of the molecule is O=[N+]([O-])c1ccc(N2CCC3CCCCC3C2)cc1O. The van der Waals surface area contributed by atoms with Crippen LogP contribution in [0.2, 0.25) is 0 Å². The van der Waals surface area contributed by atoms with Gasteiger partial charge in [-0.2, -0.15) is 0 Å². The van der Waals surface area contributed by atoms with Gasteiger partial charge in [0.1, 0.15) is 0 Å². The largest absolute Gasteiger partial charge is 0.502 e. The summed E-state index contributed by atoms with van der Waals surface area (Å²) in [5.41, 5.74) is 0.679. The van der Waals surface area contributed by atoms with E-state index in [0.717, 1.165) is 30.6 Å². The normalized spacial score (nSPS) is 26.1. The van der Waals surface area contributed by atoms with E-state index < -0.39 is 4.92 Å². The zero-order chi connectivity index (χ0) is 14.1. The van der Waals surface area contributed by atoms with E-state index in [0.29, 0.717) is 0 Å². The molecule has 2 aliphatic rings. The molecule has 5 nitrogen and oxygen atoms in total. The average Bonchev–Trinajstić information content (AvgIpc) is 2.46. The minimum absolute atomic E-state index is 0.221. The van der Waals surface area contributed by atoms with Gasteiger partial charge in [0.2, 0.25) is 0 Å². The molecule has 2 unspecified atom stereocenters. The fourth-order valence-electron chi connectivity index (χ4n) is 3.70. The average molecular weight is 276 g/mol. The van der Waals surface area contributed by atoms with Gasteiger partial charge in [0.25, 0.3) is 0 Å². The van der Waals surface area contributed by atoms with Crippen LogP contribution < -0.4 is 4.90 Å². The topological polar surface area (TPSA) is 66.6 Å². The van der Waals surface area contributed by atoms with Crippen LogP contribution in [0.5, 0.6) is 5.75 Å². The van der Waals surface area contributed by atoms with E-state index >= 15 is 0 Å². The van der Waals surface area contributed by atoms with Crippen molar-refractivity contribution in [2.24, 2.45) is 11.8 Å². The lowest BCUT2D eigenvalue weighted by atomic mass is 9.75. The Morgan fingerprint density at radius 1 is 1.20 bits per heavy atom. The molecule has 1 aromatic rings.